The summed E-state index contributed by atoms with van der Waals surface area (Å²) in [5.41, 5.74) is 0.366. The van der Waals surface area contributed by atoms with E-state index < -0.39 is 5.97 Å². The molecule has 0 spiro atoms. The van der Waals surface area contributed by atoms with Gasteiger partial charge in [0.2, 0.25) is 0 Å². The molecule has 0 radical (unpaired) electrons. The van der Waals surface area contributed by atoms with Crippen LogP contribution in [0.4, 0.5) is 0 Å². The Balaban J connectivity index is 1.39. The van der Waals surface area contributed by atoms with Gasteiger partial charge in [0.1, 0.15) is 0 Å². The maximum absolute atomic E-state index is 11.6. The monoisotopic (exact) mass is 448 g/mol. The topological polar surface area (TPSA) is 77.8 Å². The number of carbonyl (C=O) groups is 1. The maximum Gasteiger partial charge on any atom is 0.303 e. The standard InChI is InChI=1S/C28H48O4/c1-18(8-6-4-5-7-9-26(31)32)22-12-13-23-21-11-10-19-16-20(29)14-15-27(19,2)24(21)17-25(30)28(22,23)3/h18-25,29-30H,4-17H2,1-3H3,(H,31,32)/t18?,19-,20-,21?,22-,23?,24?,25?,27+,28-/m1/s1. The number of rotatable bonds is 8. The number of hydrogen-bond acceptors (Lipinski definition) is 3. The van der Waals surface area contributed by atoms with Crippen LogP contribution >= 0.6 is 0 Å². The Bertz CT molecular complexity index is 664. The molecule has 4 aliphatic carbocycles. The van der Waals surface area contributed by atoms with Gasteiger partial charge in [-0.2, -0.15) is 0 Å². The Kier molecular flexibility index (Phi) is 7.33. The zero-order chi connectivity index (χ0) is 23.1. The number of carboxylic acid groups (broad SMARTS) is 1. The third-order valence-electron chi connectivity index (χ3n) is 11.3. The summed E-state index contributed by atoms with van der Waals surface area (Å²) in [5.74, 6) is 3.25. The quantitative estimate of drug-likeness (QED) is 0.396. The van der Waals surface area contributed by atoms with Crippen LogP contribution in [0.15, 0.2) is 0 Å². The van der Waals surface area contributed by atoms with Gasteiger partial charge in [0.25, 0.3) is 0 Å². The molecule has 0 aromatic heterocycles. The van der Waals surface area contributed by atoms with Gasteiger partial charge in [0.15, 0.2) is 0 Å². The largest absolute Gasteiger partial charge is 0.481 e. The van der Waals surface area contributed by atoms with Gasteiger partial charge >= 0.3 is 5.97 Å². The lowest BCUT2D eigenvalue weighted by Crippen LogP contribution is -2.58. The van der Waals surface area contributed by atoms with E-state index in [1.807, 2.05) is 0 Å². The molecule has 4 saturated carbocycles. The van der Waals surface area contributed by atoms with Crippen molar-refractivity contribution in [1.82, 2.24) is 0 Å². The molecule has 0 aromatic rings. The summed E-state index contributed by atoms with van der Waals surface area (Å²) >= 11 is 0. The molecule has 4 heteroatoms. The lowest BCUT2D eigenvalue weighted by Gasteiger charge is -2.62. The van der Waals surface area contributed by atoms with E-state index >= 15 is 0 Å². The van der Waals surface area contributed by atoms with Crippen molar-refractivity contribution < 1.29 is 20.1 Å². The molecule has 184 valence electrons. The van der Waals surface area contributed by atoms with Gasteiger partial charge in [-0.3, -0.25) is 4.79 Å². The first-order chi connectivity index (χ1) is 15.2. The molecular weight excluding hydrogens is 400 g/mol. The van der Waals surface area contributed by atoms with Gasteiger partial charge < -0.3 is 15.3 Å². The van der Waals surface area contributed by atoms with Crippen LogP contribution in [-0.2, 0) is 4.79 Å². The number of hydrogen-bond donors (Lipinski definition) is 3. The van der Waals surface area contributed by atoms with Crippen LogP contribution in [0, 0.1) is 46.3 Å². The summed E-state index contributed by atoms with van der Waals surface area (Å²) in [5, 5.41) is 30.7. The lowest BCUT2D eigenvalue weighted by molar-refractivity contribution is -0.174. The summed E-state index contributed by atoms with van der Waals surface area (Å²) in [4.78, 5) is 10.7. The number of aliphatic carboxylic acids is 1. The molecule has 0 amide bonds. The Morgan fingerprint density at radius 1 is 0.938 bits per heavy atom. The summed E-state index contributed by atoms with van der Waals surface area (Å²) in [6, 6.07) is 0. The SMILES string of the molecule is CC(CCCCCCC(=O)O)[C@H]1CCC2C3CC[C@@H]4C[C@H](O)CC[C@]4(C)C3CC(O)[C@@]21C. The molecule has 3 N–H and O–H groups in total. The van der Waals surface area contributed by atoms with Crippen LogP contribution in [0.5, 0.6) is 0 Å². The van der Waals surface area contributed by atoms with Crippen molar-refractivity contribution in [2.24, 2.45) is 46.3 Å². The van der Waals surface area contributed by atoms with Crippen molar-refractivity contribution in [3.63, 3.8) is 0 Å². The molecule has 0 saturated heterocycles. The third kappa shape index (κ3) is 4.28. The fourth-order valence-electron chi connectivity index (χ4n) is 9.46. The average Bonchev–Trinajstić information content (AvgIpc) is 3.10. The first kappa shape index (κ1) is 24.5. The minimum atomic E-state index is -0.680. The fraction of sp³-hybridized carbons (Fsp3) is 0.964. The first-order valence-electron chi connectivity index (χ1n) is 13.8. The molecule has 4 nitrogen and oxygen atoms in total. The van der Waals surface area contributed by atoms with Crippen LogP contribution in [0.25, 0.3) is 0 Å². The van der Waals surface area contributed by atoms with Crippen LogP contribution in [-0.4, -0.2) is 33.5 Å². The fourth-order valence-corrected chi connectivity index (χ4v) is 9.46. The van der Waals surface area contributed by atoms with E-state index in [0.29, 0.717) is 41.4 Å². The van der Waals surface area contributed by atoms with Crippen LogP contribution in [0.2, 0.25) is 0 Å². The van der Waals surface area contributed by atoms with Crippen molar-refractivity contribution >= 4 is 5.97 Å². The van der Waals surface area contributed by atoms with E-state index in [4.69, 9.17) is 5.11 Å². The Morgan fingerprint density at radius 3 is 2.44 bits per heavy atom. The second-order valence-electron chi connectivity index (χ2n) is 12.7. The zero-order valence-corrected chi connectivity index (χ0v) is 20.8. The highest BCUT2D eigenvalue weighted by atomic mass is 16.4. The molecule has 10 atom stereocenters. The molecule has 0 aliphatic heterocycles. The van der Waals surface area contributed by atoms with Crippen molar-refractivity contribution in [2.45, 2.75) is 123 Å². The van der Waals surface area contributed by atoms with Gasteiger partial charge in [0, 0.05) is 6.42 Å². The first-order valence-corrected chi connectivity index (χ1v) is 13.8. The van der Waals surface area contributed by atoms with Crippen molar-refractivity contribution in [1.29, 1.82) is 0 Å². The molecule has 4 fully saturated rings. The molecule has 0 bridgehead atoms. The van der Waals surface area contributed by atoms with Crippen molar-refractivity contribution in [2.75, 3.05) is 0 Å². The predicted molar refractivity (Wildman–Crippen MR) is 127 cm³/mol. The number of aliphatic hydroxyl groups is 2. The third-order valence-corrected chi connectivity index (χ3v) is 11.3. The summed E-state index contributed by atoms with van der Waals surface area (Å²) < 4.78 is 0. The molecule has 4 rings (SSSR count). The normalized spacial score (nSPS) is 46.7. The van der Waals surface area contributed by atoms with Crippen LogP contribution in [0.1, 0.15) is 111 Å². The Hall–Kier alpha value is -0.610. The van der Waals surface area contributed by atoms with Gasteiger partial charge in [0.05, 0.1) is 12.2 Å². The van der Waals surface area contributed by atoms with E-state index in [0.717, 1.165) is 50.9 Å². The highest BCUT2D eigenvalue weighted by Gasteiger charge is 2.63. The van der Waals surface area contributed by atoms with E-state index in [2.05, 4.69) is 20.8 Å². The van der Waals surface area contributed by atoms with Gasteiger partial charge in [-0.05, 0) is 104 Å². The number of aliphatic hydroxyl groups excluding tert-OH is 2. The van der Waals surface area contributed by atoms with Crippen LogP contribution < -0.4 is 0 Å². The van der Waals surface area contributed by atoms with E-state index in [1.54, 1.807) is 0 Å². The van der Waals surface area contributed by atoms with Gasteiger partial charge in [-0.15, -0.1) is 0 Å². The lowest BCUT2D eigenvalue weighted by atomic mass is 9.43. The van der Waals surface area contributed by atoms with Gasteiger partial charge in [-0.25, -0.2) is 0 Å². The maximum atomic E-state index is 11.6. The second kappa shape index (κ2) is 9.56. The summed E-state index contributed by atoms with van der Waals surface area (Å²) in [6.07, 6.45) is 14.5. The average molecular weight is 449 g/mol. The van der Waals surface area contributed by atoms with E-state index in [9.17, 15) is 15.0 Å². The molecule has 0 heterocycles. The Morgan fingerprint density at radius 2 is 1.69 bits per heavy atom. The van der Waals surface area contributed by atoms with Crippen LogP contribution in [0.3, 0.4) is 0 Å². The van der Waals surface area contributed by atoms with Crippen molar-refractivity contribution in [3.05, 3.63) is 0 Å². The zero-order valence-electron chi connectivity index (χ0n) is 20.8. The molecule has 5 unspecified atom stereocenters. The Labute approximate surface area is 195 Å². The van der Waals surface area contributed by atoms with E-state index in [1.165, 1.54) is 38.5 Å². The number of carboxylic acids is 1. The smallest absolute Gasteiger partial charge is 0.303 e. The summed E-state index contributed by atoms with van der Waals surface area (Å²) in [7, 11) is 0. The highest BCUT2D eigenvalue weighted by Crippen LogP contribution is 2.68. The molecular formula is C28H48O4. The minimum Gasteiger partial charge on any atom is -0.481 e. The highest BCUT2D eigenvalue weighted by molar-refractivity contribution is 5.66. The van der Waals surface area contributed by atoms with Crippen molar-refractivity contribution in [3.8, 4) is 0 Å². The summed E-state index contributed by atoms with van der Waals surface area (Å²) in [6.45, 7) is 7.34. The number of fused-ring (bicyclic) bond motifs is 5. The predicted octanol–water partition coefficient (Wildman–Crippen LogP) is 6.04. The minimum absolute atomic E-state index is 0.0568. The second-order valence-corrected chi connectivity index (χ2v) is 12.7. The molecule has 4 aliphatic rings. The van der Waals surface area contributed by atoms with Gasteiger partial charge in [-0.1, -0.05) is 46.5 Å². The van der Waals surface area contributed by atoms with E-state index in [-0.39, 0.29) is 17.6 Å². The number of unbranched alkanes of at least 4 members (excludes halogenated alkanes) is 3. The molecule has 0 aromatic carbocycles. The molecule has 32 heavy (non-hydrogen) atoms.